The number of hydrogen-bond acceptors (Lipinski definition) is 5. The van der Waals surface area contributed by atoms with Crippen LogP contribution in [-0.4, -0.2) is 28.8 Å². The molecule has 1 amide bonds. The molecule has 3 rings (SSSR count). The summed E-state index contributed by atoms with van der Waals surface area (Å²) in [4.78, 5) is 24.4. The SMILES string of the molecule is CCOC(=O)C1(Cc2ccc(O)c(C(C)c3ccccc3)c2)CC1C(=O)NO. The first kappa shape index (κ1) is 19.9. The molecule has 1 saturated carbocycles. The fraction of sp³-hybridized carbons (Fsp3) is 0.364. The third-order valence-corrected chi connectivity index (χ3v) is 5.56. The van der Waals surface area contributed by atoms with Gasteiger partial charge >= 0.3 is 5.97 Å². The molecule has 0 aliphatic heterocycles. The number of ether oxygens (including phenoxy) is 1. The molecule has 6 heteroatoms. The van der Waals surface area contributed by atoms with Crippen molar-refractivity contribution in [3.8, 4) is 5.75 Å². The van der Waals surface area contributed by atoms with Crippen molar-refractivity contribution in [2.24, 2.45) is 11.3 Å². The lowest BCUT2D eigenvalue weighted by atomic mass is 9.88. The van der Waals surface area contributed by atoms with Gasteiger partial charge in [0.05, 0.1) is 17.9 Å². The van der Waals surface area contributed by atoms with Crippen LogP contribution in [0.15, 0.2) is 48.5 Å². The van der Waals surface area contributed by atoms with E-state index in [0.29, 0.717) is 12.8 Å². The molecule has 3 unspecified atom stereocenters. The molecule has 0 radical (unpaired) electrons. The van der Waals surface area contributed by atoms with Crippen molar-refractivity contribution in [1.82, 2.24) is 5.48 Å². The Bertz CT molecular complexity index is 866. The average Bonchev–Trinajstić information content (AvgIpc) is 3.44. The zero-order valence-electron chi connectivity index (χ0n) is 16.0. The van der Waals surface area contributed by atoms with E-state index >= 15 is 0 Å². The van der Waals surface area contributed by atoms with Gasteiger partial charge in [-0.25, -0.2) is 5.48 Å². The van der Waals surface area contributed by atoms with Gasteiger partial charge in [-0.3, -0.25) is 14.8 Å². The fourth-order valence-electron chi connectivity index (χ4n) is 3.84. The summed E-state index contributed by atoms with van der Waals surface area (Å²) in [5, 5.41) is 19.3. The highest BCUT2D eigenvalue weighted by Crippen LogP contribution is 2.56. The van der Waals surface area contributed by atoms with Crippen LogP contribution in [0.1, 0.15) is 42.9 Å². The Morgan fingerprint density at radius 2 is 1.96 bits per heavy atom. The van der Waals surface area contributed by atoms with Gasteiger partial charge in [0.25, 0.3) is 0 Å². The fourth-order valence-corrected chi connectivity index (χ4v) is 3.84. The van der Waals surface area contributed by atoms with E-state index in [1.54, 1.807) is 24.5 Å². The van der Waals surface area contributed by atoms with Gasteiger partial charge in [-0.2, -0.15) is 0 Å². The van der Waals surface area contributed by atoms with Crippen LogP contribution in [0.25, 0.3) is 0 Å². The summed E-state index contributed by atoms with van der Waals surface area (Å²) >= 11 is 0. The summed E-state index contributed by atoms with van der Waals surface area (Å²) in [6.45, 7) is 3.95. The van der Waals surface area contributed by atoms with Crippen molar-refractivity contribution in [2.75, 3.05) is 6.61 Å². The van der Waals surface area contributed by atoms with E-state index in [1.165, 1.54) is 0 Å². The molecule has 3 atom stereocenters. The van der Waals surface area contributed by atoms with E-state index in [1.807, 2.05) is 43.3 Å². The Hall–Kier alpha value is -2.86. The number of amides is 1. The number of carbonyl (C=O) groups is 2. The molecule has 0 bridgehead atoms. The maximum absolute atomic E-state index is 12.5. The van der Waals surface area contributed by atoms with Crippen molar-refractivity contribution < 1.29 is 24.6 Å². The highest BCUT2D eigenvalue weighted by atomic mass is 16.5. The van der Waals surface area contributed by atoms with Crippen LogP contribution in [0, 0.1) is 11.3 Å². The average molecular weight is 383 g/mol. The molecule has 1 fully saturated rings. The number of esters is 1. The normalized spacial score (nSPS) is 21.6. The molecule has 3 N–H and O–H groups in total. The van der Waals surface area contributed by atoms with E-state index in [9.17, 15) is 14.7 Å². The number of hydrogen-bond donors (Lipinski definition) is 3. The molecule has 0 saturated heterocycles. The maximum Gasteiger partial charge on any atom is 0.313 e. The third-order valence-electron chi connectivity index (χ3n) is 5.56. The molecule has 148 valence electrons. The molecule has 1 aliphatic carbocycles. The van der Waals surface area contributed by atoms with Crippen LogP contribution in [-0.2, 0) is 20.7 Å². The summed E-state index contributed by atoms with van der Waals surface area (Å²) in [7, 11) is 0. The van der Waals surface area contributed by atoms with Crippen molar-refractivity contribution in [1.29, 1.82) is 0 Å². The maximum atomic E-state index is 12.5. The lowest BCUT2D eigenvalue weighted by molar-refractivity contribution is -0.152. The summed E-state index contributed by atoms with van der Waals surface area (Å²) in [6, 6.07) is 15.1. The molecular formula is C22H25NO5. The van der Waals surface area contributed by atoms with Crippen molar-refractivity contribution in [3.63, 3.8) is 0 Å². The number of aromatic hydroxyl groups is 1. The molecule has 1 aliphatic rings. The van der Waals surface area contributed by atoms with E-state index in [-0.39, 0.29) is 18.3 Å². The Labute approximate surface area is 164 Å². The minimum Gasteiger partial charge on any atom is -0.508 e. The van der Waals surface area contributed by atoms with Crippen molar-refractivity contribution in [2.45, 2.75) is 32.6 Å². The number of carbonyl (C=O) groups excluding carboxylic acids is 2. The predicted molar refractivity (Wildman–Crippen MR) is 103 cm³/mol. The van der Waals surface area contributed by atoms with Crippen molar-refractivity contribution >= 4 is 11.9 Å². The smallest absolute Gasteiger partial charge is 0.313 e. The van der Waals surface area contributed by atoms with Gasteiger partial charge in [-0.15, -0.1) is 0 Å². The van der Waals surface area contributed by atoms with Crippen molar-refractivity contribution in [3.05, 3.63) is 65.2 Å². The van der Waals surface area contributed by atoms with E-state index in [2.05, 4.69) is 0 Å². The number of phenolic OH excluding ortho intramolecular Hbond substituents is 1. The zero-order valence-corrected chi connectivity index (χ0v) is 16.0. The van der Waals surface area contributed by atoms with Crippen LogP contribution in [0.2, 0.25) is 0 Å². The Balaban J connectivity index is 1.89. The quantitative estimate of drug-likeness (QED) is 0.388. The van der Waals surface area contributed by atoms with Crippen LogP contribution in [0.4, 0.5) is 0 Å². The third kappa shape index (κ3) is 3.73. The van der Waals surface area contributed by atoms with E-state index < -0.39 is 23.2 Å². The standard InChI is InChI=1S/C22H25NO5/c1-3-28-21(26)22(13-18(22)20(25)23-27)12-15-9-10-19(24)17(11-15)14(2)16-7-5-4-6-8-16/h4-11,14,18,24,27H,3,12-13H2,1-2H3,(H,23,25). The second-order valence-electron chi connectivity index (χ2n) is 7.31. The first-order valence-corrected chi connectivity index (χ1v) is 9.41. The lowest BCUT2D eigenvalue weighted by Gasteiger charge is -2.19. The molecule has 2 aromatic rings. The summed E-state index contributed by atoms with van der Waals surface area (Å²) in [5.41, 5.74) is 3.31. The summed E-state index contributed by atoms with van der Waals surface area (Å²) in [6.07, 6.45) is 0.626. The largest absolute Gasteiger partial charge is 0.508 e. The molecule has 28 heavy (non-hydrogen) atoms. The minimum atomic E-state index is -0.979. The van der Waals surface area contributed by atoms with Gasteiger partial charge in [0.1, 0.15) is 5.75 Å². The monoisotopic (exact) mass is 383 g/mol. The van der Waals surface area contributed by atoms with Crippen LogP contribution in [0.5, 0.6) is 5.75 Å². The highest BCUT2D eigenvalue weighted by Gasteiger charge is 2.64. The van der Waals surface area contributed by atoms with Gasteiger partial charge in [0, 0.05) is 11.5 Å². The minimum absolute atomic E-state index is 0.0320. The molecular weight excluding hydrogens is 358 g/mol. The van der Waals surface area contributed by atoms with E-state index in [4.69, 9.17) is 9.94 Å². The Morgan fingerprint density at radius 3 is 2.61 bits per heavy atom. The Morgan fingerprint density at radius 1 is 1.25 bits per heavy atom. The van der Waals surface area contributed by atoms with Gasteiger partial charge < -0.3 is 9.84 Å². The van der Waals surface area contributed by atoms with E-state index in [0.717, 1.165) is 16.7 Å². The molecule has 0 spiro atoms. The topological polar surface area (TPSA) is 95.9 Å². The Kier molecular flexibility index (Phi) is 5.70. The predicted octanol–water partition coefficient (Wildman–Crippen LogP) is 3.16. The number of benzene rings is 2. The number of rotatable bonds is 7. The summed E-state index contributed by atoms with van der Waals surface area (Å²) < 4.78 is 5.19. The van der Waals surface area contributed by atoms with Gasteiger partial charge in [-0.1, -0.05) is 49.4 Å². The molecule has 6 nitrogen and oxygen atoms in total. The molecule has 2 aromatic carbocycles. The highest BCUT2D eigenvalue weighted by molar-refractivity contribution is 5.93. The second kappa shape index (κ2) is 8.02. The van der Waals surface area contributed by atoms with Crippen LogP contribution >= 0.6 is 0 Å². The first-order valence-electron chi connectivity index (χ1n) is 9.41. The molecule has 0 heterocycles. The van der Waals surface area contributed by atoms with Crippen LogP contribution in [0.3, 0.4) is 0 Å². The van der Waals surface area contributed by atoms with Crippen LogP contribution < -0.4 is 5.48 Å². The van der Waals surface area contributed by atoms with Gasteiger partial charge in [-0.05, 0) is 37.0 Å². The lowest BCUT2D eigenvalue weighted by Crippen LogP contribution is -2.30. The van der Waals surface area contributed by atoms with Gasteiger partial charge in [0.15, 0.2) is 0 Å². The number of hydroxylamine groups is 1. The zero-order chi connectivity index (χ0) is 20.3. The summed E-state index contributed by atoms with van der Waals surface area (Å²) in [5.74, 6) is -1.49. The molecule has 0 aromatic heterocycles. The number of phenols is 1. The number of nitrogens with one attached hydrogen (secondary N) is 1. The second-order valence-corrected chi connectivity index (χ2v) is 7.31. The first-order chi connectivity index (χ1) is 13.4. The van der Waals surface area contributed by atoms with Gasteiger partial charge in [0.2, 0.25) is 5.91 Å².